The third-order valence-corrected chi connectivity index (χ3v) is 27.6. The third-order valence-electron chi connectivity index (χ3n) is 7.91. The summed E-state index contributed by atoms with van der Waals surface area (Å²) < 4.78 is 38.2. The first-order valence-corrected chi connectivity index (χ1v) is 36.3. The molecular weight excluding hydrogens is 841 g/mol. The number of likely N-dealkylation sites (N-methyl/N-ethyl adjacent to an activating group) is 1. The van der Waals surface area contributed by atoms with Crippen molar-refractivity contribution in [3.05, 3.63) is 0 Å². The van der Waals surface area contributed by atoms with Gasteiger partial charge in [-0.25, -0.2) is 0 Å². The van der Waals surface area contributed by atoms with Crippen LogP contribution in [0.2, 0.25) is 77.6 Å². The Morgan fingerprint density at radius 2 is 1.27 bits per heavy atom. The number of rotatable bonds is 32. The highest BCUT2D eigenvalue weighted by atomic mass is 32.2. The Balaban J connectivity index is 5.75. The van der Waals surface area contributed by atoms with Gasteiger partial charge in [-0.05, 0) is 116 Å². The number of methoxy groups -OCH3 is 1. The Bertz CT molecular complexity index is 1190. The van der Waals surface area contributed by atoms with E-state index >= 15 is 0 Å². The topological polar surface area (TPSA) is 172 Å². The van der Waals surface area contributed by atoms with Gasteiger partial charge >= 0.3 is 25.7 Å². The molecule has 330 valence electrons. The van der Waals surface area contributed by atoms with Gasteiger partial charge in [0.1, 0.15) is 6.04 Å². The minimum atomic E-state index is -2.97. The van der Waals surface area contributed by atoms with Crippen molar-refractivity contribution in [3.8, 4) is 0 Å². The molecule has 4 N–H and O–H groups in total. The first-order valence-electron chi connectivity index (χ1n) is 20.0. The van der Waals surface area contributed by atoms with Crippen molar-refractivity contribution < 1.29 is 45.1 Å². The van der Waals surface area contributed by atoms with E-state index in [0.717, 1.165) is 0 Å². The van der Waals surface area contributed by atoms with Crippen molar-refractivity contribution in [1.82, 2.24) is 21.3 Å². The maximum atomic E-state index is 13.3. The van der Waals surface area contributed by atoms with Crippen molar-refractivity contribution in [2.75, 3.05) is 58.1 Å². The molecule has 0 radical (unpaired) electrons. The summed E-state index contributed by atoms with van der Waals surface area (Å²) in [5.41, 5.74) is 0. The molecule has 0 aliphatic rings. The van der Waals surface area contributed by atoms with Crippen LogP contribution in [0.5, 0.6) is 0 Å². The van der Waals surface area contributed by atoms with Gasteiger partial charge in [0, 0.05) is 38.8 Å². The molecule has 0 bridgehead atoms. The molecule has 0 aromatic heterocycles. The highest BCUT2D eigenvalue weighted by molar-refractivity contribution is 8.13. The number of carbonyl (C=O) groups excluding carboxylic acids is 4. The third kappa shape index (κ3) is 27.4. The summed E-state index contributed by atoms with van der Waals surface area (Å²) in [6.07, 6.45) is 2.23. The van der Waals surface area contributed by atoms with Crippen LogP contribution >= 0.6 is 24.4 Å². The Hall–Kier alpha value is -0.416. The van der Waals surface area contributed by atoms with Gasteiger partial charge in [-0.15, -0.1) is 0 Å². The molecule has 21 heteroatoms. The zero-order chi connectivity index (χ0) is 43.2. The number of carbonyl (C=O) groups is 4. The Labute approximate surface area is 354 Å². The molecule has 0 saturated heterocycles. The van der Waals surface area contributed by atoms with Gasteiger partial charge in [0.2, 0.25) is 17.7 Å². The van der Waals surface area contributed by atoms with E-state index in [2.05, 4.69) is 99.4 Å². The summed E-state index contributed by atoms with van der Waals surface area (Å²) in [5, 5.41) is 12.1. The van der Waals surface area contributed by atoms with Crippen molar-refractivity contribution in [3.63, 3.8) is 0 Å². The maximum absolute atomic E-state index is 13.3. The van der Waals surface area contributed by atoms with Gasteiger partial charge in [0.05, 0.1) is 25.9 Å². The molecule has 56 heavy (non-hydrogen) atoms. The molecule has 0 fully saturated rings. The van der Waals surface area contributed by atoms with E-state index in [0.29, 0.717) is 88.7 Å². The first kappa shape index (κ1) is 55.6. The second-order valence-corrected chi connectivity index (χ2v) is 38.5. The Morgan fingerprint density at radius 3 is 1.75 bits per heavy atom. The predicted octanol–water partition coefficient (Wildman–Crippen LogP) is 5.33. The van der Waals surface area contributed by atoms with Crippen LogP contribution in [0.25, 0.3) is 0 Å². The molecule has 0 rings (SSSR count). The largest absolute Gasteiger partial charge is 0.437 e. The number of hydrogen-bond acceptors (Lipinski definition) is 13. The summed E-state index contributed by atoms with van der Waals surface area (Å²) in [4.78, 5) is 50.5. The fourth-order valence-electron chi connectivity index (χ4n) is 6.22. The Morgan fingerprint density at radius 1 is 0.732 bits per heavy atom. The first-order chi connectivity index (χ1) is 25.8. The average molecular weight is 920 g/mol. The number of hydrogen-bond donors (Lipinski definition) is 5. The number of nitrogens with one attached hydrogen (secondary N) is 4. The van der Waals surface area contributed by atoms with E-state index in [4.69, 9.17) is 25.9 Å². The van der Waals surface area contributed by atoms with E-state index in [1.54, 1.807) is 7.11 Å². The summed E-state index contributed by atoms with van der Waals surface area (Å²) in [6, 6.07) is 0.205. The van der Waals surface area contributed by atoms with Crippen LogP contribution in [0, 0.1) is 5.92 Å². The molecular formula is C35H78N4O10S2Si5. The van der Waals surface area contributed by atoms with Gasteiger partial charge < -0.3 is 47.2 Å². The van der Waals surface area contributed by atoms with Crippen molar-refractivity contribution in [2.24, 2.45) is 5.92 Å². The lowest BCUT2D eigenvalue weighted by molar-refractivity contribution is -0.128. The number of thioether (sulfide) groups is 1. The van der Waals surface area contributed by atoms with E-state index in [9.17, 15) is 19.2 Å². The molecule has 0 aliphatic carbocycles. The summed E-state index contributed by atoms with van der Waals surface area (Å²) in [5.74, 6) is 0.155. The smallest absolute Gasteiger partial charge is 0.317 e. The SMILES string of the molecule is CCNC(CCSC(=O)C(C)COCCOC)C(=O)NCCC[Si](C)(O[Si](C)(C)C)O[Si](C)(CCCNC(=O)C(CCS)NC(C)=O)O[Si](C)(C)O[Si](C)(C)C. The summed E-state index contributed by atoms with van der Waals surface area (Å²) >= 11 is 5.48. The highest BCUT2D eigenvalue weighted by Gasteiger charge is 2.48. The Kier molecular flexibility index (Phi) is 27.2. The maximum Gasteiger partial charge on any atom is 0.317 e. The predicted molar refractivity (Wildman–Crippen MR) is 244 cm³/mol. The van der Waals surface area contributed by atoms with Gasteiger partial charge in [-0.3, -0.25) is 19.2 Å². The molecule has 0 heterocycles. The zero-order valence-corrected chi connectivity index (χ0v) is 43.8. The second kappa shape index (κ2) is 27.4. The lowest BCUT2D eigenvalue weighted by Gasteiger charge is -2.44. The quantitative estimate of drug-likeness (QED) is 0.0335. The molecule has 0 aromatic rings. The van der Waals surface area contributed by atoms with Crippen LogP contribution < -0.4 is 21.3 Å². The van der Waals surface area contributed by atoms with Gasteiger partial charge in [0.15, 0.2) is 21.8 Å². The van der Waals surface area contributed by atoms with Crippen LogP contribution in [0.1, 0.15) is 46.5 Å². The van der Waals surface area contributed by atoms with Crippen molar-refractivity contribution in [2.45, 2.75) is 136 Å². The minimum absolute atomic E-state index is 0.0481. The number of thiol groups is 1. The van der Waals surface area contributed by atoms with Crippen LogP contribution in [0.3, 0.4) is 0 Å². The monoisotopic (exact) mass is 918 g/mol. The zero-order valence-electron chi connectivity index (χ0n) is 37.1. The summed E-state index contributed by atoms with van der Waals surface area (Å²) in [6.45, 7) is 29.2. The van der Waals surface area contributed by atoms with E-state index in [1.165, 1.54) is 18.7 Å². The van der Waals surface area contributed by atoms with Crippen molar-refractivity contribution in [1.29, 1.82) is 0 Å². The second-order valence-electron chi connectivity index (χ2n) is 16.9. The lowest BCUT2D eigenvalue weighted by atomic mass is 10.2. The van der Waals surface area contributed by atoms with Crippen LogP contribution in [0.4, 0.5) is 0 Å². The molecule has 3 amide bonds. The van der Waals surface area contributed by atoms with E-state index < -0.39 is 54.4 Å². The molecule has 0 aliphatic heterocycles. The van der Waals surface area contributed by atoms with E-state index in [1.807, 2.05) is 13.8 Å². The number of amides is 3. The molecule has 0 spiro atoms. The van der Waals surface area contributed by atoms with Crippen LogP contribution in [0.15, 0.2) is 0 Å². The number of ether oxygens (including phenoxy) is 2. The van der Waals surface area contributed by atoms with Crippen LogP contribution in [-0.2, 0) is 45.1 Å². The normalized spacial score (nSPS) is 16.3. The molecule has 5 unspecified atom stereocenters. The fourth-order valence-corrected chi connectivity index (χ4v) is 31.2. The van der Waals surface area contributed by atoms with Gasteiger partial charge in [-0.2, -0.15) is 12.6 Å². The van der Waals surface area contributed by atoms with Crippen molar-refractivity contribution >= 4 is 89.5 Å². The molecule has 14 nitrogen and oxygen atoms in total. The average Bonchev–Trinajstić information content (AvgIpc) is 3.03. The summed E-state index contributed by atoms with van der Waals surface area (Å²) in [7, 11) is -10.9. The van der Waals surface area contributed by atoms with Gasteiger partial charge in [0.25, 0.3) is 0 Å². The molecule has 5 atom stereocenters. The minimum Gasteiger partial charge on any atom is -0.437 e. The highest BCUT2D eigenvalue weighted by Crippen LogP contribution is 2.31. The molecule has 0 saturated carbocycles. The standard InChI is InChI=1S/C35H78N4O10S2Si5/c1-15-36-31(19-25-51-35(43)29(2)28-45-23-22-44-4)33(41)37-20-16-26-55(13,47-53(8,9)10)49-56(14,48-54(11,12)46-52(5,6)7)27-17-21-38-34(42)32(18-24-50)39-30(3)40/h29,31-32,36,50H,15-28H2,1-14H3,(H,37,41)(H,38,42)(H,39,40). The van der Waals surface area contributed by atoms with Crippen LogP contribution in [-0.4, -0.2) is 135 Å². The molecule has 0 aromatic carbocycles. The lowest BCUT2D eigenvalue weighted by Crippen LogP contribution is -2.60. The van der Waals surface area contributed by atoms with E-state index in [-0.39, 0.29) is 28.8 Å². The van der Waals surface area contributed by atoms with Gasteiger partial charge in [-0.1, -0.05) is 25.6 Å². The fraction of sp³-hybridized carbons (Fsp3) is 0.886.